The topological polar surface area (TPSA) is 119 Å². The number of aromatic nitrogens is 2. The molecule has 0 bridgehead atoms. The molecule has 0 spiro atoms. The lowest BCUT2D eigenvalue weighted by atomic mass is 10.1. The van der Waals surface area contributed by atoms with E-state index in [1.165, 1.54) is 4.57 Å². The Kier molecular flexibility index (Phi) is 11.7. The lowest BCUT2D eigenvalue weighted by Gasteiger charge is -2.35. The summed E-state index contributed by atoms with van der Waals surface area (Å²) in [6, 6.07) is 1.78. The molecule has 4 atom stereocenters. The number of ether oxygens (including phenoxy) is 1. The third-order valence-corrected chi connectivity index (χ3v) is 14.6. The first-order chi connectivity index (χ1) is 18.2. The van der Waals surface area contributed by atoms with Crippen LogP contribution in [0.2, 0.25) is 98.2 Å². The van der Waals surface area contributed by atoms with E-state index < -0.39 is 79.6 Å². The summed E-state index contributed by atoms with van der Waals surface area (Å²) in [6.07, 6.45) is -0.994. The van der Waals surface area contributed by atoms with Crippen molar-refractivity contribution in [3.05, 3.63) is 22.7 Å². The molecular formula is C24H54N3O8PSi5. The van der Waals surface area contributed by atoms with E-state index in [-0.39, 0.29) is 6.61 Å². The molecule has 0 aromatic carbocycles. The smallest absolute Gasteiger partial charge is 0.409 e. The van der Waals surface area contributed by atoms with Crippen molar-refractivity contribution in [1.82, 2.24) is 9.55 Å². The SMILES string of the molecule is C[Si](C)(C)Nc1ccn([C@@H]2O[C@H](COP(=O)(O[Si](C)(C)C)O[Si](C)(C)C)[C@@H](O[Si](C)(C)C)[C@H]2O[Si](C)(C)C)c(=O)n1. The van der Waals surface area contributed by atoms with E-state index in [1.807, 2.05) is 39.3 Å². The van der Waals surface area contributed by atoms with Gasteiger partial charge >= 0.3 is 13.5 Å². The molecule has 11 nitrogen and oxygen atoms in total. The molecule has 0 unspecified atom stereocenters. The van der Waals surface area contributed by atoms with Crippen molar-refractivity contribution < 1.29 is 31.1 Å². The molecule has 0 radical (unpaired) electrons. The van der Waals surface area contributed by atoms with E-state index in [9.17, 15) is 9.36 Å². The van der Waals surface area contributed by atoms with E-state index in [1.54, 1.807) is 12.3 Å². The molecule has 1 aliphatic rings. The average molecular weight is 684 g/mol. The van der Waals surface area contributed by atoms with E-state index in [4.69, 9.17) is 26.5 Å². The number of rotatable bonds is 14. The number of hydrogen-bond donors (Lipinski definition) is 1. The van der Waals surface area contributed by atoms with Crippen LogP contribution in [-0.2, 0) is 31.1 Å². The highest BCUT2D eigenvalue weighted by atomic mass is 31.2. The minimum absolute atomic E-state index is 0.110. The minimum atomic E-state index is -3.90. The summed E-state index contributed by atoms with van der Waals surface area (Å²) < 4.78 is 53.2. The van der Waals surface area contributed by atoms with E-state index in [2.05, 4.69) is 68.9 Å². The summed E-state index contributed by atoms with van der Waals surface area (Å²) in [5, 5.41) is 0. The van der Waals surface area contributed by atoms with Crippen LogP contribution in [0.4, 0.5) is 5.82 Å². The zero-order valence-corrected chi connectivity index (χ0v) is 33.7. The molecule has 1 fully saturated rings. The first-order valence-corrected chi connectivity index (χ1v) is 32.8. The standard InChI is InChI=1S/C24H54N3O8PSi5/c1-37(2,3)26-20-16-17-27(24(28)25-20)23-22(33-39(7,8)9)21(32-38(4,5)6)19(31-23)18-30-36(29,34-40(10,11)12)35-41(13,14)15/h16-17,19,21-23H,18H2,1-15H3,(H,25,26,28)/t19-,21-,22-,23-/m1/s1. The van der Waals surface area contributed by atoms with Gasteiger partial charge in [0.1, 0.15) is 32.4 Å². The van der Waals surface area contributed by atoms with Crippen LogP contribution >= 0.6 is 7.82 Å². The molecule has 1 N–H and O–H groups in total. The van der Waals surface area contributed by atoms with Gasteiger partial charge in [-0.05, 0) is 84.6 Å². The number of anilines is 1. The van der Waals surface area contributed by atoms with E-state index in [0.717, 1.165) is 0 Å². The van der Waals surface area contributed by atoms with Gasteiger partial charge in [-0.25, -0.2) is 9.36 Å². The Hall–Kier alpha value is -0.246. The second-order valence-corrected chi connectivity index (χ2v) is 40.2. The maximum atomic E-state index is 13.9. The highest BCUT2D eigenvalue weighted by molar-refractivity contribution is 7.52. The van der Waals surface area contributed by atoms with Crippen molar-refractivity contribution in [2.75, 3.05) is 11.6 Å². The molecule has 1 saturated heterocycles. The lowest BCUT2D eigenvalue weighted by molar-refractivity contribution is -0.0511. The van der Waals surface area contributed by atoms with Crippen LogP contribution in [0.5, 0.6) is 0 Å². The second kappa shape index (κ2) is 13.0. The fraction of sp³-hybridized carbons (Fsp3) is 0.833. The van der Waals surface area contributed by atoms with Gasteiger partial charge < -0.3 is 27.0 Å². The Morgan fingerprint density at radius 3 is 1.73 bits per heavy atom. The van der Waals surface area contributed by atoms with E-state index in [0.29, 0.717) is 5.82 Å². The van der Waals surface area contributed by atoms with Crippen molar-refractivity contribution in [3.8, 4) is 0 Å². The molecule has 0 amide bonds. The summed E-state index contributed by atoms with van der Waals surface area (Å²) in [5.41, 5.74) is -0.453. The van der Waals surface area contributed by atoms with Gasteiger partial charge in [0.05, 0.1) is 6.61 Å². The zero-order chi connectivity index (χ0) is 31.8. The van der Waals surface area contributed by atoms with Gasteiger partial charge in [-0.3, -0.25) is 9.09 Å². The molecule has 1 aromatic rings. The number of nitrogens with zero attached hydrogens (tertiary/aromatic N) is 2. The van der Waals surface area contributed by atoms with Crippen molar-refractivity contribution in [1.29, 1.82) is 0 Å². The van der Waals surface area contributed by atoms with Crippen LogP contribution in [0, 0.1) is 0 Å². The first-order valence-electron chi connectivity index (χ1n) is 14.2. The van der Waals surface area contributed by atoms with Crippen molar-refractivity contribution in [2.24, 2.45) is 0 Å². The van der Waals surface area contributed by atoms with Crippen LogP contribution in [0.3, 0.4) is 0 Å². The Balaban J connectivity index is 2.52. The molecule has 2 rings (SSSR count). The van der Waals surface area contributed by atoms with Gasteiger partial charge in [-0.15, -0.1) is 0 Å². The molecule has 1 aliphatic heterocycles. The molecule has 0 aliphatic carbocycles. The molecule has 2 heterocycles. The fourth-order valence-corrected chi connectivity index (χ4v) is 13.8. The molecule has 1 aromatic heterocycles. The zero-order valence-electron chi connectivity index (χ0n) is 27.8. The first kappa shape index (κ1) is 36.9. The van der Waals surface area contributed by atoms with Gasteiger partial charge in [0.2, 0.25) is 0 Å². The predicted octanol–water partition coefficient (Wildman–Crippen LogP) is 6.66. The molecular weight excluding hydrogens is 630 g/mol. The lowest BCUT2D eigenvalue weighted by Crippen LogP contribution is -2.48. The van der Waals surface area contributed by atoms with Gasteiger partial charge in [-0.2, -0.15) is 4.98 Å². The third kappa shape index (κ3) is 13.1. The molecule has 0 saturated carbocycles. The quantitative estimate of drug-likeness (QED) is 0.169. The maximum absolute atomic E-state index is 13.9. The maximum Gasteiger partial charge on any atom is 0.455 e. The monoisotopic (exact) mass is 683 g/mol. The summed E-state index contributed by atoms with van der Waals surface area (Å²) in [5.74, 6) is 0.536. The Morgan fingerprint density at radius 2 is 1.32 bits per heavy atom. The summed E-state index contributed by atoms with van der Waals surface area (Å²) in [7, 11) is -14.5. The van der Waals surface area contributed by atoms with Gasteiger partial charge in [0.25, 0.3) is 0 Å². The highest BCUT2D eigenvalue weighted by Crippen LogP contribution is 2.54. The van der Waals surface area contributed by atoms with Gasteiger partial charge in [-0.1, -0.05) is 19.6 Å². The fourth-order valence-electron chi connectivity index (χ4n) is 4.12. The third-order valence-electron chi connectivity index (χ3n) is 5.04. The number of hydrogen-bond acceptors (Lipinski definition) is 10. The number of nitrogens with one attached hydrogen (secondary N) is 1. The van der Waals surface area contributed by atoms with Crippen molar-refractivity contribution in [2.45, 2.75) is 123 Å². The number of phosphoric acid groups is 1. The minimum Gasteiger partial charge on any atom is -0.409 e. The van der Waals surface area contributed by atoms with Crippen LogP contribution in [0.15, 0.2) is 17.1 Å². The molecule has 17 heteroatoms. The van der Waals surface area contributed by atoms with Crippen LogP contribution in [-0.4, -0.2) is 76.0 Å². The summed E-state index contributed by atoms with van der Waals surface area (Å²) >= 11 is 0. The highest BCUT2D eigenvalue weighted by Gasteiger charge is 2.51. The van der Waals surface area contributed by atoms with Crippen LogP contribution in [0.25, 0.3) is 0 Å². The van der Waals surface area contributed by atoms with Crippen LogP contribution in [0.1, 0.15) is 6.23 Å². The van der Waals surface area contributed by atoms with Gasteiger partial charge in [0, 0.05) is 6.20 Å². The summed E-state index contributed by atoms with van der Waals surface area (Å²) in [6.45, 7) is 30.4. The Labute approximate surface area is 252 Å². The second-order valence-electron chi connectivity index (χ2n) is 15.5. The van der Waals surface area contributed by atoms with Crippen molar-refractivity contribution >= 4 is 55.1 Å². The normalized spacial score (nSPS) is 23.2. The summed E-state index contributed by atoms with van der Waals surface area (Å²) in [4.78, 5) is 21.0. The van der Waals surface area contributed by atoms with Crippen LogP contribution < -0.4 is 10.7 Å². The Morgan fingerprint density at radius 1 is 0.829 bits per heavy atom. The average Bonchev–Trinajstić information content (AvgIpc) is 2.96. The van der Waals surface area contributed by atoms with Gasteiger partial charge in [0.15, 0.2) is 39.5 Å². The molecule has 238 valence electrons. The predicted molar refractivity (Wildman–Crippen MR) is 178 cm³/mol. The molecule has 41 heavy (non-hydrogen) atoms. The Bertz CT molecular complexity index is 1120. The van der Waals surface area contributed by atoms with Crippen molar-refractivity contribution in [3.63, 3.8) is 0 Å². The van der Waals surface area contributed by atoms with E-state index >= 15 is 0 Å². The largest absolute Gasteiger partial charge is 0.455 e.